The first-order valence-electron chi connectivity index (χ1n) is 9.18. The fourth-order valence-electron chi connectivity index (χ4n) is 3.66. The maximum atomic E-state index is 14.4. The average Bonchev–Trinajstić information content (AvgIpc) is 3.07. The van der Waals surface area contributed by atoms with E-state index in [2.05, 4.69) is 28.3 Å². The summed E-state index contributed by atoms with van der Waals surface area (Å²) in [6.07, 6.45) is 0. The maximum Gasteiger partial charge on any atom is 0.178 e. The van der Waals surface area contributed by atoms with Gasteiger partial charge in [-0.2, -0.15) is 0 Å². The molecular formula is C21H25F2N5. The lowest BCUT2D eigenvalue weighted by Crippen LogP contribution is -2.36. The van der Waals surface area contributed by atoms with Gasteiger partial charge in [-0.1, -0.05) is 13.2 Å². The summed E-state index contributed by atoms with van der Waals surface area (Å²) in [5.74, 6) is 0.377. The fraction of sp³-hybridized carbons (Fsp3) is 0.381. The van der Waals surface area contributed by atoms with Crippen molar-refractivity contribution in [3.63, 3.8) is 0 Å². The Hall–Kier alpha value is -2.83. The minimum Gasteiger partial charge on any atom is -0.360 e. The summed E-state index contributed by atoms with van der Waals surface area (Å²) < 4.78 is 30.5. The Morgan fingerprint density at radius 1 is 1.14 bits per heavy atom. The molecule has 2 heterocycles. The number of aliphatic imine (C=N–C) groups is 1. The number of nitrogens with zero attached hydrogens (tertiary/aromatic N) is 5. The van der Waals surface area contributed by atoms with E-state index in [0.717, 1.165) is 11.5 Å². The van der Waals surface area contributed by atoms with Crippen LogP contribution in [0.1, 0.15) is 55.2 Å². The van der Waals surface area contributed by atoms with Gasteiger partial charge in [0, 0.05) is 35.6 Å². The minimum absolute atomic E-state index is 0.0254. The van der Waals surface area contributed by atoms with E-state index in [4.69, 9.17) is 0 Å². The van der Waals surface area contributed by atoms with Crippen LogP contribution in [0.4, 0.5) is 8.78 Å². The van der Waals surface area contributed by atoms with Gasteiger partial charge in [0.2, 0.25) is 0 Å². The summed E-state index contributed by atoms with van der Waals surface area (Å²) in [6, 6.07) is 1.21. The number of allylic oxidation sites excluding steroid dienone is 1. The van der Waals surface area contributed by atoms with Crippen molar-refractivity contribution in [2.45, 2.75) is 47.2 Å². The van der Waals surface area contributed by atoms with Gasteiger partial charge in [0.05, 0.1) is 11.8 Å². The standard InChI is InChI=1S/C21H25F2N5/c1-11(2)24-14(5)20-25-26-21-16(7)27(8-9-28(20)21)15(6)17-10-18(22)13(4)19(23)12(17)3/h10,16H,1,6,8-9H2,2-5,7H3/b24-14+/t16-/m1/s1. The summed E-state index contributed by atoms with van der Waals surface area (Å²) >= 11 is 0. The molecule has 1 atom stereocenters. The molecule has 3 rings (SSSR count). The van der Waals surface area contributed by atoms with Crippen LogP contribution >= 0.6 is 0 Å². The van der Waals surface area contributed by atoms with Crippen LogP contribution in [0, 0.1) is 25.5 Å². The van der Waals surface area contributed by atoms with Crippen LogP contribution in [0.15, 0.2) is 29.9 Å². The molecule has 0 saturated heterocycles. The van der Waals surface area contributed by atoms with Gasteiger partial charge in [-0.3, -0.25) is 4.99 Å². The van der Waals surface area contributed by atoms with Crippen molar-refractivity contribution in [1.82, 2.24) is 19.7 Å². The van der Waals surface area contributed by atoms with Gasteiger partial charge < -0.3 is 9.47 Å². The van der Waals surface area contributed by atoms with Crippen LogP contribution < -0.4 is 0 Å². The van der Waals surface area contributed by atoms with E-state index in [0.29, 0.717) is 41.4 Å². The fourth-order valence-corrected chi connectivity index (χ4v) is 3.66. The zero-order valence-electron chi connectivity index (χ0n) is 17.0. The molecule has 0 saturated carbocycles. The van der Waals surface area contributed by atoms with Gasteiger partial charge in [0.15, 0.2) is 11.6 Å². The van der Waals surface area contributed by atoms with Crippen LogP contribution in [-0.2, 0) is 6.54 Å². The molecule has 0 N–H and O–H groups in total. The number of hydrogen-bond donors (Lipinski definition) is 0. The lowest BCUT2D eigenvalue weighted by molar-refractivity contribution is 0.250. The van der Waals surface area contributed by atoms with E-state index in [1.165, 1.54) is 13.0 Å². The van der Waals surface area contributed by atoms with Crippen LogP contribution in [0.5, 0.6) is 0 Å². The van der Waals surface area contributed by atoms with Gasteiger partial charge in [-0.15, -0.1) is 10.2 Å². The first-order chi connectivity index (χ1) is 13.1. The van der Waals surface area contributed by atoms with E-state index in [9.17, 15) is 8.78 Å². The van der Waals surface area contributed by atoms with Gasteiger partial charge >= 0.3 is 0 Å². The molecule has 2 aromatic rings. The molecule has 1 aromatic heterocycles. The van der Waals surface area contributed by atoms with Crippen LogP contribution in [-0.4, -0.2) is 31.9 Å². The zero-order chi connectivity index (χ0) is 20.7. The second-order valence-electron chi connectivity index (χ2n) is 7.25. The highest BCUT2D eigenvalue weighted by Crippen LogP contribution is 2.34. The van der Waals surface area contributed by atoms with Gasteiger partial charge in [-0.25, -0.2) is 8.78 Å². The molecule has 5 nitrogen and oxygen atoms in total. The maximum absolute atomic E-state index is 14.4. The molecule has 28 heavy (non-hydrogen) atoms. The first-order valence-corrected chi connectivity index (χ1v) is 9.18. The Balaban J connectivity index is 1.96. The monoisotopic (exact) mass is 385 g/mol. The Morgan fingerprint density at radius 3 is 2.46 bits per heavy atom. The van der Waals surface area contributed by atoms with Crippen LogP contribution in [0.2, 0.25) is 0 Å². The SMILES string of the molecule is C=C(C)/N=C(\C)c1nnc2n1CCN(C(=C)c1cc(F)c(C)c(F)c1C)[C@@H]2C. The lowest BCUT2D eigenvalue weighted by Gasteiger charge is -2.37. The molecule has 0 aliphatic carbocycles. The summed E-state index contributed by atoms with van der Waals surface area (Å²) in [5, 5.41) is 8.63. The molecule has 0 spiro atoms. The highest BCUT2D eigenvalue weighted by atomic mass is 19.1. The number of fused-ring (bicyclic) bond motifs is 1. The van der Waals surface area contributed by atoms with E-state index in [1.54, 1.807) is 6.92 Å². The predicted octanol–water partition coefficient (Wildman–Crippen LogP) is 4.56. The number of hydrogen-bond acceptors (Lipinski definition) is 4. The third-order valence-electron chi connectivity index (χ3n) is 5.22. The van der Waals surface area contributed by atoms with Crippen molar-refractivity contribution in [2.75, 3.05) is 6.54 Å². The highest BCUT2D eigenvalue weighted by molar-refractivity contribution is 5.96. The van der Waals surface area contributed by atoms with Crippen molar-refractivity contribution >= 4 is 11.4 Å². The van der Waals surface area contributed by atoms with Crippen molar-refractivity contribution in [3.8, 4) is 0 Å². The van der Waals surface area contributed by atoms with E-state index in [-0.39, 0.29) is 11.6 Å². The molecule has 0 radical (unpaired) electrons. The largest absolute Gasteiger partial charge is 0.360 e. The predicted molar refractivity (Wildman–Crippen MR) is 107 cm³/mol. The second-order valence-corrected chi connectivity index (χ2v) is 7.25. The van der Waals surface area contributed by atoms with Gasteiger partial charge in [0.1, 0.15) is 11.6 Å². The van der Waals surface area contributed by atoms with Crippen LogP contribution in [0.25, 0.3) is 5.70 Å². The molecule has 1 aliphatic heterocycles. The van der Waals surface area contributed by atoms with Crippen molar-refractivity contribution in [2.24, 2.45) is 4.99 Å². The number of rotatable bonds is 4. The molecule has 0 fully saturated rings. The average molecular weight is 385 g/mol. The normalized spacial score (nSPS) is 16.9. The summed E-state index contributed by atoms with van der Waals surface area (Å²) in [6.45, 7) is 17.9. The number of aromatic nitrogens is 3. The molecule has 0 unspecified atom stereocenters. The zero-order valence-corrected chi connectivity index (χ0v) is 17.0. The molecular weight excluding hydrogens is 360 g/mol. The quantitative estimate of drug-likeness (QED) is 0.725. The topological polar surface area (TPSA) is 46.3 Å². The second kappa shape index (κ2) is 7.30. The van der Waals surface area contributed by atoms with Crippen molar-refractivity contribution < 1.29 is 8.78 Å². The van der Waals surface area contributed by atoms with E-state index in [1.807, 2.05) is 30.2 Å². The van der Waals surface area contributed by atoms with Crippen molar-refractivity contribution in [3.05, 3.63) is 64.9 Å². The molecule has 7 heteroatoms. The Morgan fingerprint density at radius 2 is 1.82 bits per heavy atom. The molecule has 1 aliphatic rings. The first kappa shape index (κ1) is 19.9. The number of halogens is 2. The minimum atomic E-state index is -0.569. The lowest BCUT2D eigenvalue weighted by atomic mass is 10.00. The van der Waals surface area contributed by atoms with Crippen LogP contribution in [0.3, 0.4) is 0 Å². The summed E-state index contributed by atoms with van der Waals surface area (Å²) in [4.78, 5) is 6.39. The number of benzene rings is 1. The third-order valence-corrected chi connectivity index (χ3v) is 5.22. The molecule has 0 bridgehead atoms. The highest BCUT2D eigenvalue weighted by Gasteiger charge is 2.31. The Kier molecular flexibility index (Phi) is 5.19. The third kappa shape index (κ3) is 3.25. The Labute approximate surface area is 164 Å². The van der Waals surface area contributed by atoms with Gasteiger partial charge in [-0.05, 0) is 46.2 Å². The summed E-state index contributed by atoms with van der Waals surface area (Å²) in [5.41, 5.74) is 2.93. The van der Waals surface area contributed by atoms with Gasteiger partial charge in [0.25, 0.3) is 0 Å². The molecule has 1 aromatic carbocycles. The van der Waals surface area contributed by atoms with E-state index < -0.39 is 11.6 Å². The van der Waals surface area contributed by atoms with Crippen molar-refractivity contribution in [1.29, 1.82) is 0 Å². The molecule has 148 valence electrons. The smallest absolute Gasteiger partial charge is 0.178 e. The Bertz CT molecular complexity index is 1000. The van der Waals surface area contributed by atoms with E-state index >= 15 is 0 Å². The summed E-state index contributed by atoms with van der Waals surface area (Å²) in [7, 11) is 0. The molecule has 0 amide bonds.